The molecule has 0 spiro atoms. The number of hydrogen-bond donors (Lipinski definition) is 1. The molecule has 0 aliphatic rings. The minimum absolute atomic E-state index is 0.0130. The van der Waals surface area contributed by atoms with Gasteiger partial charge in [0.25, 0.3) is 9.05 Å². The van der Waals surface area contributed by atoms with Crippen molar-refractivity contribution in [2.75, 3.05) is 0 Å². The average molecular weight is 219 g/mol. The summed E-state index contributed by atoms with van der Waals surface area (Å²) >= 11 is 0. The Kier molecular flexibility index (Phi) is 2.95. The van der Waals surface area contributed by atoms with Crippen molar-refractivity contribution in [3.8, 4) is 5.75 Å². The maximum atomic E-state index is 10.5. The van der Waals surface area contributed by atoms with Gasteiger partial charge in [-0.2, -0.15) is 0 Å². The molecule has 5 heteroatoms. The maximum Gasteiger partial charge on any atom is 0.254 e. The van der Waals surface area contributed by atoms with Gasteiger partial charge in [-0.1, -0.05) is 18.2 Å². The van der Waals surface area contributed by atoms with Crippen molar-refractivity contribution in [2.24, 2.45) is 0 Å². The molecule has 13 heavy (non-hydrogen) atoms. The van der Waals surface area contributed by atoms with Crippen LogP contribution in [0.2, 0.25) is 0 Å². The summed E-state index contributed by atoms with van der Waals surface area (Å²) in [6, 6.07) is 6.36. The summed E-state index contributed by atoms with van der Waals surface area (Å²) in [7, 11) is 1.28. The Morgan fingerprint density at radius 2 is 1.92 bits per heavy atom. The fourth-order valence-electron chi connectivity index (χ4n) is 0.783. The van der Waals surface area contributed by atoms with Crippen molar-refractivity contribution >= 4 is 25.8 Å². The molecule has 1 aromatic carbocycles. The summed E-state index contributed by atoms with van der Waals surface area (Å²) < 4.78 is 21.0. The first kappa shape index (κ1) is 10.1. The van der Waals surface area contributed by atoms with E-state index in [1.165, 1.54) is 12.1 Å². The smallest absolute Gasteiger partial charge is 0.254 e. The van der Waals surface area contributed by atoms with Gasteiger partial charge in [0, 0.05) is 21.7 Å². The Morgan fingerprint density at radius 1 is 1.31 bits per heavy atom. The molecular formula is C8H7ClO3S. The van der Waals surface area contributed by atoms with Gasteiger partial charge in [0.2, 0.25) is 0 Å². The van der Waals surface area contributed by atoms with Crippen LogP contribution in [0.15, 0.2) is 29.7 Å². The zero-order valence-electron chi connectivity index (χ0n) is 6.51. The molecule has 1 N–H and O–H groups in total. The first-order valence-corrected chi connectivity index (χ1v) is 5.77. The van der Waals surface area contributed by atoms with E-state index in [4.69, 9.17) is 10.7 Å². The summed E-state index contributed by atoms with van der Waals surface area (Å²) in [5.41, 5.74) is 0.409. The van der Waals surface area contributed by atoms with Gasteiger partial charge in [0.05, 0.1) is 0 Å². The maximum absolute atomic E-state index is 10.5. The molecule has 1 rings (SSSR count). The predicted molar refractivity (Wildman–Crippen MR) is 51.9 cm³/mol. The van der Waals surface area contributed by atoms with Crippen LogP contribution in [0.4, 0.5) is 0 Å². The standard InChI is InChI=1S/C8H7ClO3S/c9-13(11,12)6-5-7-3-1-2-4-8(7)10/h1-6,10H/b6-5-. The number of para-hydroxylation sites is 1. The highest BCUT2D eigenvalue weighted by Crippen LogP contribution is 2.17. The molecule has 0 saturated heterocycles. The summed E-state index contributed by atoms with van der Waals surface area (Å²) in [5, 5.41) is 10.0. The Balaban J connectivity index is 3.00. The summed E-state index contributed by atoms with van der Waals surface area (Å²) in [6.07, 6.45) is 1.23. The topological polar surface area (TPSA) is 54.4 Å². The highest BCUT2D eigenvalue weighted by molar-refractivity contribution is 8.16. The van der Waals surface area contributed by atoms with Crippen LogP contribution in [0.25, 0.3) is 6.08 Å². The zero-order chi connectivity index (χ0) is 9.90. The van der Waals surface area contributed by atoms with Gasteiger partial charge in [-0.05, 0) is 12.1 Å². The SMILES string of the molecule is O=S(=O)(Cl)/C=C\c1ccccc1O. The second-order valence-electron chi connectivity index (χ2n) is 2.34. The number of hydrogen-bond acceptors (Lipinski definition) is 3. The Morgan fingerprint density at radius 3 is 2.46 bits per heavy atom. The normalized spacial score (nSPS) is 12.1. The Hall–Kier alpha value is -1.00. The third-order valence-electron chi connectivity index (χ3n) is 1.35. The van der Waals surface area contributed by atoms with Gasteiger partial charge in [-0.3, -0.25) is 0 Å². The molecule has 0 radical (unpaired) electrons. The lowest BCUT2D eigenvalue weighted by Crippen LogP contribution is -1.79. The van der Waals surface area contributed by atoms with Gasteiger partial charge in [-0.15, -0.1) is 0 Å². The molecule has 1 aromatic rings. The molecule has 0 unspecified atom stereocenters. The van der Waals surface area contributed by atoms with Crippen LogP contribution in [-0.4, -0.2) is 13.5 Å². The molecule has 0 heterocycles. The van der Waals surface area contributed by atoms with Crippen molar-refractivity contribution in [2.45, 2.75) is 0 Å². The molecule has 0 amide bonds. The molecule has 0 bridgehead atoms. The number of phenolic OH excluding ortho intramolecular Hbond substituents is 1. The minimum atomic E-state index is -3.66. The van der Waals surface area contributed by atoms with Crippen LogP contribution < -0.4 is 0 Å². The van der Waals surface area contributed by atoms with E-state index >= 15 is 0 Å². The molecule has 0 saturated carbocycles. The Labute approximate surface area is 80.7 Å². The summed E-state index contributed by atoms with van der Waals surface area (Å²) in [5.74, 6) is 0.0130. The lowest BCUT2D eigenvalue weighted by atomic mass is 10.2. The molecule has 70 valence electrons. The number of phenols is 1. The Bertz CT molecular complexity index is 423. The number of benzene rings is 1. The van der Waals surface area contributed by atoms with E-state index in [9.17, 15) is 13.5 Å². The van der Waals surface area contributed by atoms with Crippen LogP contribution in [0.3, 0.4) is 0 Å². The van der Waals surface area contributed by atoms with Crippen LogP contribution in [-0.2, 0) is 9.05 Å². The first-order chi connectivity index (χ1) is 5.99. The third-order valence-corrected chi connectivity index (χ3v) is 2.12. The highest BCUT2D eigenvalue weighted by atomic mass is 35.7. The molecule has 0 aromatic heterocycles. The van der Waals surface area contributed by atoms with E-state index < -0.39 is 9.05 Å². The van der Waals surface area contributed by atoms with Gasteiger partial charge >= 0.3 is 0 Å². The van der Waals surface area contributed by atoms with E-state index in [-0.39, 0.29) is 5.75 Å². The second-order valence-corrected chi connectivity index (χ2v) is 4.85. The largest absolute Gasteiger partial charge is 0.507 e. The fourth-order valence-corrected chi connectivity index (χ4v) is 1.25. The molecule has 0 aliphatic carbocycles. The van der Waals surface area contributed by atoms with Crippen LogP contribution in [0.1, 0.15) is 5.56 Å². The zero-order valence-corrected chi connectivity index (χ0v) is 8.09. The van der Waals surface area contributed by atoms with E-state index in [0.29, 0.717) is 5.56 Å². The summed E-state index contributed by atoms with van der Waals surface area (Å²) in [4.78, 5) is 0. The van der Waals surface area contributed by atoms with E-state index in [0.717, 1.165) is 5.41 Å². The molecule has 0 fully saturated rings. The van der Waals surface area contributed by atoms with Gasteiger partial charge < -0.3 is 5.11 Å². The summed E-state index contributed by atoms with van der Waals surface area (Å²) in [6.45, 7) is 0. The minimum Gasteiger partial charge on any atom is -0.507 e. The fraction of sp³-hybridized carbons (Fsp3) is 0. The van der Waals surface area contributed by atoms with Crippen molar-refractivity contribution in [3.63, 3.8) is 0 Å². The lowest BCUT2D eigenvalue weighted by molar-refractivity contribution is 0.474. The van der Waals surface area contributed by atoms with Crippen molar-refractivity contribution in [1.29, 1.82) is 0 Å². The number of aromatic hydroxyl groups is 1. The first-order valence-electron chi connectivity index (χ1n) is 3.40. The van der Waals surface area contributed by atoms with E-state index in [1.807, 2.05) is 0 Å². The second kappa shape index (κ2) is 3.81. The van der Waals surface area contributed by atoms with Gasteiger partial charge in [0.1, 0.15) is 5.75 Å². The molecule has 0 aliphatic heterocycles. The molecule has 0 atom stereocenters. The van der Waals surface area contributed by atoms with Crippen LogP contribution in [0, 0.1) is 0 Å². The van der Waals surface area contributed by atoms with Crippen molar-refractivity contribution in [1.82, 2.24) is 0 Å². The highest BCUT2D eigenvalue weighted by Gasteiger charge is 1.99. The van der Waals surface area contributed by atoms with Gasteiger partial charge in [0.15, 0.2) is 0 Å². The van der Waals surface area contributed by atoms with Crippen molar-refractivity contribution < 1.29 is 13.5 Å². The lowest BCUT2D eigenvalue weighted by Gasteiger charge is -1.95. The van der Waals surface area contributed by atoms with Crippen LogP contribution >= 0.6 is 10.7 Å². The van der Waals surface area contributed by atoms with Crippen LogP contribution in [0.5, 0.6) is 5.75 Å². The molecular weight excluding hydrogens is 212 g/mol. The van der Waals surface area contributed by atoms with E-state index in [2.05, 4.69) is 0 Å². The molecule has 3 nitrogen and oxygen atoms in total. The number of rotatable bonds is 2. The number of halogens is 1. The average Bonchev–Trinajstić information content (AvgIpc) is 2.01. The quantitative estimate of drug-likeness (QED) is 0.772. The van der Waals surface area contributed by atoms with Crippen molar-refractivity contribution in [3.05, 3.63) is 35.2 Å². The monoisotopic (exact) mass is 218 g/mol. The predicted octanol–water partition coefficient (Wildman–Crippen LogP) is 1.93. The third kappa shape index (κ3) is 3.48. The van der Waals surface area contributed by atoms with Gasteiger partial charge in [-0.25, -0.2) is 8.42 Å². The van der Waals surface area contributed by atoms with E-state index in [1.54, 1.807) is 18.2 Å².